The molecule has 1 aromatic heterocycles. The van der Waals surface area contributed by atoms with Gasteiger partial charge < -0.3 is 10.1 Å². The molecule has 0 aliphatic heterocycles. The number of ether oxygens (including phenoxy) is 1. The van der Waals surface area contributed by atoms with E-state index in [0.717, 1.165) is 4.47 Å². The molecule has 0 atom stereocenters. The second-order valence-corrected chi connectivity index (χ2v) is 7.50. The molecule has 0 bridgehead atoms. The molecule has 0 unspecified atom stereocenters. The molecular weight excluding hydrogens is 463 g/mol. The molecule has 0 aliphatic rings. The summed E-state index contributed by atoms with van der Waals surface area (Å²) >= 11 is 3.35. The molecule has 156 valence electrons. The Hall–Kier alpha value is -3.52. The second-order valence-electron chi connectivity index (χ2n) is 6.58. The predicted octanol–water partition coefficient (Wildman–Crippen LogP) is 5.49. The fourth-order valence-electron chi connectivity index (χ4n) is 2.97. The van der Waals surface area contributed by atoms with Crippen LogP contribution in [0.3, 0.4) is 0 Å². The number of halogens is 2. The maximum absolute atomic E-state index is 13.7. The number of carbonyl (C=O) groups is 1. The molecular formula is C23H18BrFN4O2. The topological polar surface area (TPSA) is 69.0 Å². The number of nitrogens with zero attached hydrogens (tertiary/aromatic N) is 3. The number of nitrogens with one attached hydrogen (secondary N) is 1. The maximum Gasteiger partial charge on any atom is 0.336 e. The van der Waals surface area contributed by atoms with Gasteiger partial charge in [-0.1, -0.05) is 28.1 Å². The molecule has 6 nitrogen and oxygen atoms in total. The SMILES string of the molecule is CCOc1nc(-c2cccc(F)c2)n(-c2ccc(NC(=O)c3ccc(Br)cc3)cc2)n1. The zero-order valence-electron chi connectivity index (χ0n) is 16.5. The summed E-state index contributed by atoms with van der Waals surface area (Å²) in [6.45, 7) is 2.25. The third-order valence-electron chi connectivity index (χ3n) is 4.42. The molecule has 0 spiro atoms. The first-order valence-electron chi connectivity index (χ1n) is 9.56. The van der Waals surface area contributed by atoms with Crippen molar-refractivity contribution in [1.29, 1.82) is 0 Å². The van der Waals surface area contributed by atoms with Crippen LogP contribution in [0.5, 0.6) is 6.01 Å². The average molecular weight is 481 g/mol. The quantitative estimate of drug-likeness (QED) is 0.396. The number of carbonyl (C=O) groups excluding carboxylic acids is 1. The Morgan fingerprint density at radius 1 is 1.10 bits per heavy atom. The van der Waals surface area contributed by atoms with Crippen LogP contribution in [0.1, 0.15) is 17.3 Å². The highest BCUT2D eigenvalue weighted by Gasteiger charge is 2.15. The standard InChI is InChI=1S/C23H18BrFN4O2/c1-2-31-23-27-21(16-4-3-5-18(25)14-16)29(28-23)20-12-10-19(11-13-20)26-22(30)15-6-8-17(24)9-7-15/h3-14H,2H2,1H3,(H,26,30). The van der Waals surface area contributed by atoms with Crippen LogP contribution >= 0.6 is 15.9 Å². The van der Waals surface area contributed by atoms with Crippen LogP contribution in [0, 0.1) is 5.82 Å². The van der Waals surface area contributed by atoms with Crippen LogP contribution in [0.4, 0.5) is 10.1 Å². The molecule has 0 saturated heterocycles. The minimum Gasteiger partial charge on any atom is -0.463 e. The highest BCUT2D eigenvalue weighted by molar-refractivity contribution is 9.10. The van der Waals surface area contributed by atoms with Crippen molar-refractivity contribution in [1.82, 2.24) is 14.8 Å². The summed E-state index contributed by atoms with van der Waals surface area (Å²) in [4.78, 5) is 16.8. The van der Waals surface area contributed by atoms with Crippen molar-refractivity contribution in [2.75, 3.05) is 11.9 Å². The molecule has 4 aromatic rings. The number of aromatic nitrogens is 3. The van der Waals surface area contributed by atoms with Crippen molar-refractivity contribution in [3.8, 4) is 23.1 Å². The van der Waals surface area contributed by atoms with Crippen molar-refractivity contribution in [2.45, 2.75) is 6.92 Å². The largest absolute Gasteiger partial charge is 0.463 e. The smallest absolute Gasteiger partial charge is 0.336 e. The zero-order valence-corrected chi connectivity index (χ0v) is 18.1. The van der Waals surface area contributed by atoms with Gasteiger partial charge in [-0.05, 0) is 67.6 Å². The maximum atomic E-state index is 13.7. The molecule has 1 heterocycles. The summed E-state index contributed by atoms with van der Waals surface area (Å²) in [5.41, 5.74) is 2.46. The van der Waals surface area contributed by atoms with E-state index in [1.807, 2.05) is 19.1 Å². The van der Waals surface area contributed by atoms with Crippen LogP contribution in [0.2, 0.25) is 0 Å². The van der Waals surface area contributed by atoms with Crippen molar-refractivity contribution in [3.05, 3.63) is 88.6 Å². The Morgan fingerprint density at radius 3 is 2.52 bits per heavy atom. The zero-order chi connectivity index (χ0) is 21.8. The lowest BCUT2D eigenvalue weighted by Crippen LogP contribution is -2.11. The lowest BCUT2D eigenvalue weighted by molar-refractivity contribution is 0.102. The Morgan fingerprint density at radius 2 is 1.84 bits per heavy atom. The third kappa shape index (κ3) is 4.80. The van der Waals surface area contributed by atoms with Crippen molar-refractivity contribution in [2.24, 2.45) is 0 Å². The van der Waals surface area contributed by atoms with E-state index in [2.05, 4.69) is 31.3 Å². The van der Waals surface area contributed by atoms with Gasteiger partial charge in [0.2, 0.25) is 0 Å². The van der Waals surface area contributed by atoms with E-state index in [-0.39, 0.29) is 17.7 Å². The number of benzene rings is 3. The van der Waals surface area contributed by atoms with Gasteiger partial charge in [-0.2, -0.15) is 4.98 Å². The Balaban J connectivity index is 1.61. The van der Waals surface area contributed by atoms with E-state index < -0.39 is 0 Å². The summed E-state index contributed by atoms with van der Waals surface area (Å²) in [5, 5.41) is 7.25. The summed E-state index contributed by atoms with van der Waals surface area (Å²) < 4.78 is 21.7. The van der Waals surface area contributed by atoms with Gasteiger partial charge in [0, 0.05) is 21.3 Å². The fourth-order valence-corrected chi connectivity index (χ4v) is 3.23. The van der Waals surface area contributed by atoms with Crippen LogP contribution in [-0.4, -0.2) is 27.3 Å². The van der Waals surface area contributed by atoms with E-state index >= 15 is 0 Å². The average Bonchev–Trinajstić information content (AvgIpc) is 3.19. The Bertz CT molecular complexity index is 1210. The van der Waals surface area contributed by atoms with Crippen molar-refractivity contribution in [3.63, 3.8) is 0 Å². The molecule has 8 heteroatoms. The van der Waals surface area contributed by atoms with Crippen LogP contribution in [-0.2, 0) is 0 Å². The van der Waals surface area contributed by atoms with E-state index in [1.165, 1.54) is 12.1 Å². The lowest BCUT2D eigenvalue weighted by Gasteiger charge is -2.09. The van der Waals surface area contributed by atoms with E-state index in [0.29, 0.717) is 34.9 Å². The van der Waals surface area contributed by atoms with E-state index in [9.17, 15) is 9.18 Å². The van der Waals surface area contributed by atoms with E-state index in [4.69, 9.17) is 4.74 Å². The van der Waals surface area contributed by atoms with Gasteiger partial charge in [0.1, 0.15) is 5.82 Å². The summed E-state index contributed by atoms with van der Waals surface area (Å²) in [6.07, 6.45) is 0. The lowest BCUT2D eigenvalue weighted by atomic mass is 10.2. The van der Waals surface area contributed by atoms with Crippen LogP contribution < -0.4 is 10.1 Å². The fraction of sp³-hybridized carbons (Fsp3) is 0.0870. The molecule has 0 fully saturated rings. The normalized spacial score (nSPS) is 10.7. The van der Waals surface area contributed by atoms with E-state index in [1.54, 1.807) is 53.2 Å². The van der Waals surface area contributed by atoms with Crippen molar-refractivity contribution < 1.29 is 13.9 Å². The summed E-state index contributed by atoms with van der Waals surface area (Å²) in [6, 6.07) is 20.6. The first kappa shape index (κ1) is 20.7. The van der Waals surface area contributed by atoms with Gasteiger partial charge in [-0.15, -0.1) is 5.10 Å². The monoisotopic (exact) mass is 480 g/mol. The molecule has 31 heavy (non-hydrogen) atoms. The van der Waals surface area contributed by atoms with Crippen LogP contribution in [0.15, 0.2) is 77.3 Å². The molecule has 0 radical (unpaired) electrons. The van der Waals surface area contributed by atoms with Gasteiger partial charge in [-0.3, -0.25) is 4.79 Å². The van der Waals surface area contributed by atoms with Crippen molar-refractivity contribution >= 4 is 27.5 Å². The number of rotatable bonds is 6. The Kier molecular flexibility index (Phi) is 6.08. The molecule has 0 aliphatic carbocycles. The van der Waals surface area contributed by atoms with Crippen LogP contribution in [0.25, 0.3) is 17.1 Å². The molecule has 3 aromatic carbocycles. The van der Waals surface area contributed by atoms with Gasteiger partial charge in [0.25, 0.3) is 5.91 Å². The number of hydrogen-bond donors (Lipinski definition) is 1. The third-order valence-corrected chi connectivity index (χ3v) is 4.95. The molecule has 1 amide bonds. The van der Waals surface area contributed by atoms with Gasteiger partial charge in [0.05, 0.1) is 12.3 Å². The number of hydrogen-bond acceptors (Lipinski definition) is 4. The molecule has 0 saturated carbocycles. The minimum absolute atomic E-state index is 0.203. The second kappa shape index (κ2) is 9.09. The predicted molar refractivity (Wildman–Crippen MR) is 120 cm³/mol. The van der Waals surface area contributed by atoms with Gasteiger partial charge in [-0.25, -0.2) is 9.07 Å². The van der Waals surface area contributed by atoms with Gasteiger partial charge in [0.15, 0.2) is 5.82 Å². The Labute approximate surface area is 186 Å². The summed E-state index contributed by atoms with van der Waals surface area (Å²) in [5.74, 6) is -0.120. The highest BCUT2D eigenvalue weighted by atomic mass is 79.9. The summed E-state index contributed by atoms with van der Waals surface area (Å²) in [7, 11) is 0. The highest BCUT2D eigenvalue weighted by Crippen LogP contribution is 2.25. The number of anilines is 1. The molecule has 4 rings (SSSR count). The van der Waals surface area contributed by atoms with Gasteiger partial charge >= 0.3 is 6.01 Å². The minimum atomic E-state index is -0.365. The first-order valence-corrected chi connectivity index (χ1v) is 10.4. The molecule has 1 N–H and O–H groups in total. The number of amides is 1. The first-order chi connectivity index (χ1) is 15.0.